The van der Waals surface area contributed by atoms with Crippen molar-refractivity contribution in [2.75, 3.05) is 0 Å². The Labute approximate surface area is 160 Å². The predicted octanol–water partition coefficient (Wildman–Crippen LogP) is -6.72. The van der Waals surface area contributed by atoms with Gasteiger partial charge < -0.3 is 42.3 Å². The van der Waals surface area contributed by atoms with Crippen molar-refractivity contribution in [3.8, 4) is 0 Å². The van der Waals surface area contributed by atoms with Crippen molar-refractivity contribution in [1.29, 1.82) is 0 Å². The van der Waals surface area contributed by atoms with Gasteiger partial charge in [0.25, 0.3) is 0 Å². The normalized spacial score (nSPS) is 0. The molecule has 0 bridgehead atoms. The maximum Gasteiger partial charge on any atom is 2.00 e. The summed E-state index contributed by atoms with van der Waals surface area (Å²) < 4.78 is 0. The van der Waals surface area contributed by atoms with Crippen LogP contribution in [0.5, 0.6) is 0 Å². The molecule has 0 aliphatic rings. The first kappa shape index (κ1) is 513. The molecule has 0 amide bonds. The third-order valence-corrected chi connectivity index (χ3v) is 0. The van der Waals surface area contributed by atoms with Gasteiger partial charge in [0.1, 0.15) is 0 Å². The zero-order valence-electron chi connectivity index (χ0n) is 5.85. The number of hydrogen-bond acceptors (Lipinski definition) is 0. The molecule has 0 fully saturated rings. The van der Waals surface area contributed by atoms with Gasteiger partial charge in [0.2, 0.25) is 0 Å². The minimum atomic E-state index is 0. The van der Waals surface area contributed by atoms with E-state index in [2.05, 4.69) is 0 Å². The van der Waals surface area contributed by atoms with Crippen molar-refractivity contribution in [2.45, 2.75) is 0 Å². The molecule has 99 valence electrons. The summed E-state index contributed by atoms with van der Waals surface area (Å²) in [6, 6.07) is 0. The van der Waals surface area contributed by atoms with E-state index in [4.69, 9.17) is 0 Å². The van der Waals surface area contributed by atoms with Crippen LogP contribution in [0.4, 0.5) is 0 Å². The van der Waals surface area contributed by atoms with Crippen molar-refractivity contribution < 1.29 is 162 Å². The smallest absolute Gasteiger partial charge is 2.00 e. The SMILES string of the molecule is [F-].[F-].[Mn+2].[Mn+2].[Mn+2].[Mn+2].[Mn+2].[Mn+2].[Mn+2].[O-2].[O-2].[O-2].[O-2].[O-2].[O-2]. The Kier molecular flexibility index (Phi) is 14700. The minimum Gasteiger partial charge on any atom is -2.00 e. The topological polar surface area (TPSA) is 171 Å². The summed E-state index contributed by atoms with van der Waals surface area (Å²) in [5.74, 6) is 0. The van der Waals surface area contributed by atoms with Crippen LogP contribution in [0.3, 0.4) is 0 Å². The van der Waals surface area contributed by atoms with Gasteiger partial charge in [0.05, 0.1) is 0 Å². The van der Waals surface area contributed by atoms with Crippen molar-refractivity contribution in [2.24, 2.45) is 0 Å². The third-order valence-electron chi connectivity index (χ3n) is 0. The standard InChI is InChI=1S/2FH.7Mn.6O/h2*1H;;;;;;;;;;;;;/q;;7*+2;6*-2/p-2. The number of halogens is 2. The van der Waals surface area contributed by atoms with E-state index in [1.807, 2.05) is 0 Å². The van der Waals surface area contributed by atoms with Crippen LogP contribution in [0, 0.1) is 0 Å². The fraction of sp³-hybridized carbons (Fsp3) is 0. The Morgan fingerprint density at radius 2 is 0.200 bits per heavy atom. The fourth-order valence-corrected chi connectivity index (χ4v) is 0. The Balaban J connectivity index is 0. The molecular weight excluding hydrogens is 519 g/mol. The van der Waals surface area contributed by atoms with Crippen LogP contribution in [0.15, 0.2) is 0 Å². The molecule has 0 unspecified atom stereocenters. The number of rotatable bonds is 0. The second kappa shape index (κ2) is 430. The second-order valence-corrected chi connectivity index (χ2v) is 0. The average molecular weight is 519 g/mol. The molecule has 0 N–H and O–H groups in total. The molecule has 0 rings (SSSR count). The molecule has 0 heterocycles. The largest absolute Gasteiger partial charge is 2.00 e. The monoisotopic (exact) mass is 519 g/mol. The summed E-state index contributed by atoms with van der Waals surface area (Å²) in [7, 11) is 0. The van der Waals surface area contributed by atoms with Gasteiger partial charge >= 0.3 is 119 Å². The van der Waals surface area contributed by atoms with Gasteiger partial charge in [-0.2, -0.15) is 0 Å². The van der Waals surface area contributed by atoms with E-state index in [0.29, 0.717) is 0 Å². The quantitative estimate of drug-likeness (QED) is 0.278. The summed E-state index contributed by atoms with van der Waals surface area (Å²) >= 11 is 0. The van der Waals surface area contributed by atoms with Gasteiger partial charge in [-0.3, -0.25) is 0 Å². The zero-order chi connectivity index (χ0) is 0. The average Bonchev–Trinajstić information content (AvgIpc) is 0. The molecule has 15 heavy (non-hydrogen) atoms. The molecule has 0 aromatic heterocycles. The molecule has 0 aromatic carbocycles. The molecule has 0 aromatic rings. The van der Waals surface area contributed by atoms with E-state index in [0.717, 1.165) is 0 Å². The summed E-state index contributed by atoms with van der Waals surface area (Å²) in [6.45, 7) is 0. The fourth-order valence-electron chi connectivity index (χ4n) is 0. The molecule has 0 atom stereocenters. The predicted molar refractivity (Wildman–Crippen MR) is 4.12 cm³/mol. The van der Waals surface area contributed by atoms with Crippen LogP contribution >= 0.6 is 0 Å². The van der Waals surface area contributed by atoms with E-state index >= 15 is 0 Å². The van der Waals surface area contributed by atoms with E-state index in [9.17, 15) is 0 Å². The molecule has 0 saturated carbocycles. The van der Waals surface area contributed by atoms with Crippen LogP contribution in [0.1, 0.15) is 0 Å². The van der Waals surface area contributed by atoms with Gasteiger partial charge in [0, 0.05) is 0 Å². The molecule has 7 radical (unpaired) electrons. The molecule has 0 spiro atoms. The summed E-state index contributed by atoms with van der Waals surface area (Å²) in [5.41, 5.74) is 0. The van der Waals surface area contributed by atoms with E-state index < -0.39 is 0 Å². The minimum absolute atomic E-state index is 0. The van der Waals surface area contributed by atoms with Crippen molar-refractivity contribution >= 4 is 0 Å². The first-order valence-electron chi connectivity index (χ1n) is 0. The van der Waals surface area contributed by atoms with Gasteiger partial charge in [-0.1, -0.05) is 0 Å². The first-order chi connectivity index (χ1) is 0. The van der Waals surface area contributed by atoms with Gasteiger partial charge in [-0.25, -0.2) is 0 Å². The van der Waals surface area contributed by atoms with Crippen molar-refractivity contribution in [1.82, 2.24) is 0 Å². The molecular formula is F2Mn7O6. The summed E-state index contributed by atoms with van der Waals surface area (Å²) in [4.78, 5) is 0. The van der Waals surface area contributed by atoms with Gasteiger partial charge in [-0.05, 0) is 0 Å². The molecule has 0 aliphatic heterocycles. The van der Waals surface area contributed by atoms with Crippen LogP contribution in [0.25, 0.3) is 0 Å². The molecule has 15 heteroatoms. The Bertz CT molecular complexity index is 21.4. The Morgan fingerprint density at radius 3 is 0.200 bits per heavy atom. The van der Waals surface area contributed by atoms with Crippen LogP contribution in [0.2, 0.25) is 0 Å². The number of hydrogen-bond donors (Lipinski definition) is 0. The molecule has 0 aliphatic carbocycles. The van der Waals surface area contributed by atoms with Crippen molar-refractivity contribution in [3.63, 3.8) is 0 Å². The van der Waals surface area contributed by atoms with E-state index in [-0.39, 0.29) is 162 Å². The molecule has 6 nitrogen and oxygen atoms in total. The summed E-state index contributed by atoms with van der Waals surface area (Å²) in [6.07, 6.45) is 0. The van der Waals surface area contributed by atoms with Crippen LogP contribution < -0.4 is 9.41 Å². The van der Waals surface area contributed by atoms with E-state index in [1.54, 1.807) is 0 Å². The maximum atomic E-state index is 0. The second-order valence-electron chi connectivity index (χ2n) is 0. The van der Waals surface area contributed by atoms with Crippen molar-refractivity contribution in [3.05, 3.63) is 0 Å². The maximum absolute atomic E-state index is 0. The van der Waals surface area contributed by atoms with Gasteiger partial charge in [0.15, 0.2) is 0 Å². The Hall–Kier alpha value is 3.26. The van der Waals surface area contributed by atoms with Crippen LogP contribution in [-0.4, -0.2) is 0 Å². The van der Waals surface area contributed by atoms with Gasteiger partial charge in [-0.15, -0.1) is 0 Å². The molecule has 0 saturated heterocycles. The first-order valence-corrected chi connectivity index (χ1v) is 0. The summed E-state index contributed by atoms with van der Waals surface area (Å²) in [5, 5.41) is 0. The van der Waals surface area contributed by atoms with E-state index in [1.165, 1.54) is 0 Å². The van der Waals surface area contributed by atoms with Crippen LogP contribution in [-0.2, 0) is 152 Å². The third kappa shape index (κ3) is 379. The Morgan fingerprint density at radius 1 is 0.200 bits per heavy atom. The zero-order valence-corrected chi connectivity index (χ0v) is 14.1.